The lowest BCUT2D eigenvalue weighted by molar-refractivity contribution is -0.168. The van der Waals surface area contributed by atoms with E-state index in [0.717, 1.165) is 32.1 Å². The van der Waals surface area contributed by atoms with Gasteiger partial charge in [-0.3, -0.25) is 4.99 Å². The van der Waals surface area contributed by atoms with Crippen LogP contribution in [0.2, 0.25) is 0 Å². The molecule has 2 saturated carbocycles. The Morgan fingerprint density at radius 3 is 2.65 bits per heavy atom. The molecule has 2 rings (SSSR count). The second-order valence-corrected chi connectivity index (χ2v) is 7.41. The molecule has 136 valence electrons. The van der Waals surface area contributed by atoms with E-state index in [0.29, 0.717) is 17.6 Å². The molecule has 4 nitrogen and oxygen atoms in total. The molecular weight excluding hydrogens is 421 g/mol. The van der Waals surface area contributed by atoms with Crippen molar-refractivity contribution >= 4 is 41.7 Å². The van der Waals surface area contributed by atoms with E-state index in [9.17, 15) is 0 Å². The van der Waals surface area contributed by atoms with Gasteiger partial charge in [0.1, 0.15) is 0 Å². The van der Waals surface area contributed by atoms with Gasteiger partial charge >= 0.3 is 0 Å². The molecule has 0 aromatic rings. The highest BCUT2D eigenvalue weighted by Gasteiger charge is 2.59. The number of halogens is 1. The van der Waals surface area contributed by atoms with Crippen LogP contribution >= 0.6 is 35.7 Å². The Bertz CT molecular complexity index is 364. The van der Waals surface area contributed by atoms with Crippen LogP contribution in [0.4, 0.5) is 0 Å². The predicted octanol–water partition coefficient (Wildman–Crippen LogP) is 3.65. The Labute approximate surface area is 163 Å². The molecule has 2 fully saturated rings. The highest BCUT2D eigenvalue weighted by molar-refractivity contribution is 14.0. The minimum absolute atomic E-state index is 0. The van der Waals surface area contributed by atoms with Crippen LogP contribution in [0.5, 0.6) is 0 Å². The molecule has 2 aliphatic carbocycles. The van der Waals surface area contributed by atoms with Crippen LogP contribution in [0.1, 0.15) is 52.4 Å². The Kier molecular flexibility index (Phi) is 10.2. The Balaban J connectivity index is 0.00000264. The maximum Gasteiger partial charge on any atom is 0.191 e. The van der Waals surface area contributed by atoms with Crippen LogP contribution < -0.4 is 10.6 Å². The van der Waals surface area contributed by atoms with Gasteiger partial charge in [0.05, 0.1) is 6.10 Å². The average molecular weight is 455 g/mol. The van der Waals surface area contributed by atoms with E-state index in [2.05, 4.69) is 30.7 Å². The van der Waals surface area contributed by atoms with Crippen molar-refractivity contribution in [2.75, 3.05) is 31.7 Å². The first kappa shape index (κ1) is 21.4. The number of unbranched alkanes of at least 4 members (excludes halogenated alkanes) is 1. The van der Waals surface area contributed by atoms with Crippen molar-refractivity contribution in [1.82, 2.24) is 10.6 Å². The third kappa shape index (κ3) is 5.39. The third-order valence-corrected chi connectivity index (χ3v) is 5.82. The molecule has 0 bridgehead atoms. The van der Waals surface area contributed by atoms with Crippen LogP contribution in [-0.2, 0) is 4.74 Å². The summed E-state index contributed by atoms with van der Waals surface area (Å²) < 4.78 is 5.93. The second-order valence-electron chi connectivity index (χ2n) is 6.42. The van der Waals surface area contributed by atoms with Crippen molar-refractivity contribution < 1.29 is 4.74 Å². The smallest absolute Gasteiger partial charge is 0.191 e. The molecule has 0 heterocycles. The SMILES string of the molecule is CCNC(=NCCCCSC)NC1CC(OCC)C12CCC2.I. The number of nitrogens with zero attached hydrogens (tertiary/aromatic N) is 1. The molecule has 2 unspecified atom stereocenters. The fourth-order valence-electron chi connectivity index (χ4n) is 3.67. The number of rotatable bonds is 9. The van der Waals surface area contributed by atoms with Crippen LogP contribution in [0.25, 0.3) is 0 Å². The monoisotopic (exact) mass is 455 g/mol. The number of hydrogen-bond acceptors (Lipinski definition) is 3. The molecule has 0 radical (unpaired) electrons. The summed E-state index contributed by atoms with van der Waals surface area (Å²) in [4.78, 5) is 4.75. The number of thioether (sulfide) groups is 1. The molecule has 23 heavy (non-hydrogen) atoms. The number of ether oxygens (including phenoxy) is 1. The molecule has 0 aromatic heterocycles. The summed E-state index contributed by atoms with van der Waals surface area (Å²) in [6.45, 7) is 6.92. The van der Waals surface area contributed by atoms with Gasteiger partial charge in [-0.2, -0.15) is 11.8 Å². The summed E-state index contributed by atoms with van der Waals surface area (Å²) in [5.41, 5.74) is 0.394. The van der Waals surface area contributed by atoms with E-state index in [1.54, 1.807) is 0 Å². The quantitative estimate of drug-likeness (QED) is 0.241. The zero-order valence-corrected chi connectivity index (χ0v) is 18.0. The molecule has 2 aliphatic rings. The van der Waals surface area contributed by atoms with Gasteiger partial charge in [0, 0.05) is 31.2 Å². The Morgan fingerprint density at radius 1 is 1.30 bits per heavy atom. The van der Waals surface area contributed by atoms with Crippen LogP contribution in [0.15, 0.2) is 4.99 Å². The first-order chi connectivity index (χ1) is 10.8. The maximum atomic E-state index is 5.93. The number of nitrogens with one attached hydrogen (secondary N) is 2. The van der Waals surface area contributed by atoms with Crippen molar-refractivity contribution in [3.8, 4) is 0 Å². The van der Waals surface area contributed by atoms with E-state index in [1.807, 2.05) is 11.8 Å². The molecule has 2 N–H and O–H groups in total. The van der Waals surface area contributed by atoms with Gasteiger partial charge in [-0.25, -0.2) is 0 Å². The lowest BCUT2D eigenvalue weighted by Gasteiger charge is -2.61. The summed E-state index contributed by atoms with van der Waals surface area (Å²) in [7, 11) is 0. The van der Waals surface area contributed by atoms with Gasteiger partial charge in [-0.15, -0.1) is 24.0 Å². The number of hydrogen-bond donors (Lipinski definition) is 2. The minimum Gasteiger partial charge on any atom is -0.378 e. The lowest BCUT2D eigenvalue weighted by atomic mass is 9.51. The van der Waals surface area contributed by atoms with Gasteiger partial charge in [0.25, 0.3) is 0 Å². The molecule has 1 spiro atoms. The van der Waals surface area contributed by atoms with E-state index in [4.69, 9.17) is 9.73 Å². The first-order valence-electron chi connectivity index (χ1n) is 8.92. The van der Waals surface area contributed by atoms with E-state index in [-0.39, 0.29) is 24.0 Å². The fraction of sp³-hybridized carbons (Fsp3) is 0.941. The predicted molar refractivity (Wildman–Crippen MR) is 112 cm³/mol. The molecule has 0 amide bonds. The summed E-state index contributed by atoms with van der Waals surface area (Å²) in [5.74, 6) is 2.24. The van der Waals surface area contributed by atoms with E-state index >= 15 is 0 Å². The van der Waals surface area contributed by atoms with Crippen molar-refractivity contribution in [3.63, 3.8) is 0 Å². The summed E-state index contributed by atoms with van der Waals surface area (Å²) >= 11 is 1.92. The highest BCUT2D eigenvalue weighted by atomic mass is 127. The molecular formula is C17H34IN3OS. The summed E-state index contributed by atoms with van der Waals surface area (Å²) in [6.07, 6.45) is 10.2. The molecule has 0 aliphatic heterocycles. The van der Waals surface area contributed by atoms with Gasteiger partial charge in [0.2, 0.25) is 0 Å². The number of guanidine groups is 1. The largest absolute Gasteiger partial charge is 0.378 e. The normalized spacial score (nSPS) is 25.3. The van der Waals surface area contributed by atoms with Crippen LogP contribution in [0, 0.1) is 5.41 Å². The summed E-state index contributed by atoms with van der Waals surface area (Å²) in [5, 5.41) is 7.08. The second kappa shape index (κ2) is 11.0. The topological polar surface area (TPSA) is 45.7 Å². The van der Waals surface area contributed by atoms with Crippen molar-refractivity contribution in [1.29, 1.82) is 0 Å². The van der Waals surface area contributed by atoms with E-state index in [1.165, 1.54) is 37.9 Å². The maximum absolute atomic E-state index is 5.93. The van der Waals surface area contributed by atoms with Gasteiger partial charge in [0.15, 0.2) is 5.96 Å². The zero-order valence-electron chi connectivity index (χ0n) is 14.9. The van der Waals surface area contributed by atoms with Crippen LogP contribution in [0.3, 0.4) is 0 Å². The van der Waals surface area contributed by atoms with Gasteiger partial charge < -0.3 is 15.4 Å². The molecule has 6 heteroatoms. The minimum atomic E-state index is 0. The van der Waals surface area contributed by atoms with Gasteiger partial charge in [-0.05, 0) is 58.0 Å². The van der Waals surface area contributed by atoms with Crippen molar-refractivity contribution in [3.05, 3.63) is 0 Å². The van der Waals surface area contributed by atoms with Crippen LogP contribution in [-0.4, -0.2) is 49.8 Å². The average Bonchev–Trinajstić information content (AvgIpc) is 2.44. The Hall–Kier alpha value is 0.310. The van der Waals surface area contributed by atoms with Crippen molar-refractivity contribution in [2.45, 2.75) is 64.5 Å². The zero-order chi connectivity index (χ0) is 15.8. The first-order valence-corrected chi connectivity index (χ1v) is 10.3. The molecule has 2 atom stereocenters. The third-order valence-electron chi connectivity index (χ3n) is 5.12. The lowest BCUT2D eigenvalue weighted by Crippen LogP contribution is -2.68. The standard InChI is InChI=1S/C17H33N3OS.HI/c1-4-18-16(19-11-6-7-12-22-3)20-14-13-15(21-5-2)17(14)9-8-10-17;/h14-15H,4-13H2,1-3H3,(H2,18,19,20);1H. The van der Waals surface area contributed by atoms with E-state index < -0.39 is 0 Å². The number of aliphatic imine (C=N–C) groups is 1. The highest BCUT2D eigenvalue weighted by Crippen LogP contribution is 2.57. The fourth-order valence-corrected chi connectivity index (χ4v) is 4.17. The van der Waals surface area contributed by atoms with Gasteiger partial charge in [-0.1, -0.05) is 6.42 Å². The molecule has 0 aromatic carbocycles. The molecule has 0 saturated heterocycles. The van der Waals surface area contributed by atoms with Crippen molar-refractivity contribution in [2.24, 2.45) is 10.4 Å². The Morgan fingerprint density at radius 2 is 2.09 bits per heavy atom. The summed E-state index contributed by atoms with van der Waals surface area (Å²) in [6, 6.07) is 0.543.